The van der Waals surface area contributed by atoms with Crippen LogP contribution in [0.25, 0.3) is 0 Å². The topological polar surface area (TPSA) is 41.6 Å². The average molecular weight is 457 g/mol. The summed E-state index contributed by atoms with van der Waals surface area (Å²) in [6.45, 7) is 12.4. The minimum Gasteiger partial charge on any atom is -0.457 e. The third kappa shape index (κ3) is 3.56. The molecular weight excluding hydrogens is 408 g/mol. The number of nitrogens with zero attached hydrogens (tertiary/aromatic N) is 1. The van der Waals surface area contributed by atoms with Gasteiger partial charge in [-0.05, 0) is 121 Å². The molecule has 5 fully saturated rings. The summed E-state index contributed by atoms with van der Waals surface area (Å²) in [5, 5.41) is 3.73. The van der Waals surface area contributed by atoms with Gasteiger partial charge in [-0.25, -0.2) is 4.79 Å². The molecule has 4 heteroatoms. The second-order valence-corrected chi connectivity index (χ2v) is 13.4. The van der Waals surface area contributed by atoms with Gasteiger partial charge < -0.3 is 15.0 Å². The third-order valence-electron chi connectivity index (χ3n) is 11.8. The molecule has 33 heavy (non-hydrogen) atoms. The van der Waals surface area contributed by atoms with E-state index < -0.39 is 0 Å². The van der Waals surface area contributed by atoms with Crippen LogP contribution >= 0.6 is 0 Å². The van der Waals surface area contributed by atoms with Gasteiger partial charge in [-0.1, -0.05) is 19.4 Å². The molecule has 4 nitrogen and oxygen atoms in total. The highest BCUT2D eigenvalue weighted by atomic mass is 16.5. The Labute approximate surface area is 202 Å². The highest BCUT2D eigenvalue weighted by molar-refractivity contribution is 5.90. The standard InChI is InChI=1S/C29H48N2O2/c1-17(2)20-16-30-25-13-15-29(5)23-12-14-28(4)21(18(3)31(6)7)10-11-22(28)19(23)8-9-24(29)26(25)33-27(20)32/h18-19,21-26,30H,8-16H2,1-7H3/t18-,19-,21+,22-,23-,24+,25+,26-,28-,29+/m1/s1. The van der Waals surface area contributed by atoms with E-state index in [1.54, 1.807) is 0 Å². The molecule has 0 amide bonds. The van der Waals surface area contributed by atoms with E-state index in [0.717, 1.165) is 41.2 Å². The maximum absolute atomic E-state index is 13.0. The molecule has 4 saturated carbocycles. The molecule has 0 unspecified atom stereocenters. The maximum atomic E-state index is 13.0. The van der Waals surface area contributed by atoms with E-state index in [0.29, 0.717) is 35.4 Å². The SMILES string of the molecule is CC(C)=C1CN[C@H]2CC[C@@]3(C)[C@@H]4CC[C@@]5(C)[C@H](CC[C@H]5[C@@H](C)N(C)C)[C@H]4CC[C@H]3[C@H]2OC1=O. The lowest BCUT2D eigenvalue weighted by atomic mass is 9.44. The molecule has 0 aromatic rings. The summed E-state index contributed by atoms with van der Waals surface area (Å²) in [5.74, 6) is 3.82. The lowest BCUT2D eigenvalue weighted by Crippen LogP contribution is -2.61. The van der Waals surface area contributed by atoms with Crippen LogP contribution in [0.4, 0.5) is 0 Å². The van der Waals surface area contributed by atoms with E-state index >= 15 is 0 Å². The molecule has 10 atom stereocenters. The number of nitrogens with one attached hydrogen (secondary N) is 1. The zero-order valence-electron chi connectivity index (χ0n) is 22.2. The molecule has 5 aliphatic rings. The number of hydrogen-bond acceptors (Lipinski definition) is 4. The van der Waals surface area contributed by atoms with Crippen molar-refractivity contribution >= 4 is 5.97 Å². The molecule has 0 aromatic heterocycles. The van der Waals surface area contributed by atoms with Crippen molar-refractivity contribution in [3.63, 3.8) is 0 Å². The third-order valence-corrected chi connectivity index (χ3v) is 11.8. The first-order valence-corrected chi connectivity index (χ1v) is 13.8. The second kappa shape index (κ2) is 8.36. The maximum Gasteiger partial charge on any atom is 0.335 e. The number of fused-ring (bicyclic) bond motifs is 7. The molecule has 186 valence electrons. The van der Waals surface area contributed by atoms with Gasteiger partial charge in [-0.2, -0.15) is 0 Å². The van der Waals surface area contributed by atoms with Crippen LogP contribution in [0.1, 0.15) is 86.0 Å². The van der Waals surface area contributed by atoms with E-state index in [-0.39, 0.29) is 12.1 Å². The van der Waals surface area contributed by atoms with Crippen LogP contribution in [-0.2, 0) is 9.53 Å². The van der Waals surface area contributed by atoms with Crippen molar-refractivity contribution in [2.75, 3.05) is 20.6 Å². The zero-order chi connectivity index (χ0) is 23.7. The van der Waals surface area contributed by atoms with Crippen LogP contribution in [0.5, 0.6) is 0 Å². The van der Waals surface area contributed by atoms with Crippen LogP contribution in [0, 0.1) is 40.4 Å². The Bertz CT molecular complexity index is 816. The summed E-state index contributed by atoms with van der Waals surface area (Å²) in [7, 11) is 4.53. The first kappa shape index (κ1) is 23.9. The van der Waals surface area contributed by atoms with Crippen LogP contribution in [-0.4, -0.2) is 49.7 Å². The van der Waals surface area contributed by atoms with Crippen molar-refractivity contribution in [3.05, 3.63) is 11.1 Å². The number of carbonyl (C=O) groups is 1. The van der Waals surface area contributed by atoms with E-state index in [9.17, 15) is 4.79 Å². The van der Waals surface area contributed by atoms with E-state index in [2.05, 4.69) is 45.1 Å². The van der Waals surface area contributed by atoms with Gasteiger partial charge in [0.25, 0.3) is 0 Å². The normalized spacial score (nSPS) is 48.2. The lowest BCUT2D eigenvalue weighted by molar-refractivity contribution is -0.176. The first-order chi connectivity index (χ1) is 15.6. The molecule has 0 bridgehead atoms. The van der Waals surface area contributed by atoms with Gasteiger partial charge in [0.05, 0.1) is 0 Å². The van der Waals surface area contributed by atoms with Crippen LogP contribution < -0.4 is 5.32 Å². The van der Waals surface area contributed by atoms with Gasteiger partial charge in [0.2, 0.25) is 0 Å². The fourth-order valence-corrected chi connectivity index (χ4v) is 9.76. The van der Waals surface area contributed by atoms with Crippen molar-refractivity contribution in [1.82, 2.24) is 10.2 Å². The van der Waals surface area contributed by atoms with Crippen molar-refractivity contribution in [2.24, 2.45) is 40.4 Å². The van der Waals surface area contributed by atoms with Crippen molar-refractivity contribution in [2.45, 2.75) is 104 Å². The van der Waals surface area contributed by atoms with Gasteiger partial charge in [-0.3, -0.25) is 0 Å². The summed E-state index contributed by atoms with van der Waals surface area (Å²) in [6.07, 6.45) is 10.6. The second-order valence-electron chi connectivity index (χ2n) is 13.4. The lowest BCUT2D eigenvalue weighted by Gasteiger charge is -2.62. The smallest absolute Gasteiger partial charge is 0.335 e. The molecule has 1 saturated heterocycles. The number of carbonyl (C=O) groups excluding carboxylic acids is 1. The Morgan fingerprint density at radius 3 is 2.33 bits per heavy atom. The van der Waals surface area contributed by atoms with E-state index in [1.165, 1.54) is 44.9 Å². The fraction of sp³-hybridized carbons (Fsp3) is 0.897. The molecule has 0 spiro atoms. The summed E-state index contributed by atoms with van der Waals surface area (Å²) >= 11 is 0. The Morgan fingerprint density at radius 2 is 1.64 bits per heavy atom. The van der Waals surface area contributed by atoms with Crippen molar-refractivity contribution in [3.8, 4) is 0 Å². The van der Waals surface area contributed by atoms with Crippen molar-refractivity contribution in [1.29, 1.82) is 0 Å². The van der Waals surface area contributed by atoms with Gasteiger partial charge in [-0.15, -0.1) is 0 Å². The average Bonchev–Trinajstić information content (AvgIpc) is 3.01. The highest BCUT2D eigenvalue weighted by Crippen LogP contribution is 2.68. The minimum atomic E-state index is -0.0612. The fourth-order valence-electron chi connectivity index (χ4n) is 9.76. The van der Waals surface area contributed by atoms with E-state index in [1.807, 2.05) is 13.8 Å². The predicted octanol–water partition coefficient (Wildman–Crippen LogP) is 5.43. The number of esters is 1. The summed E-state index contributed by atoms with van der Waals surface area (Å²) in [4.78, 5) is 15.5. The largest absolute Gasteiger partial charge is 0.457 e. The quantitative estimate of drug-likeness (QED) is 0.445. The van der Waals surface area contributed by atoms with Gasteiger partial charge >= 0.3 is 5.97 Å². The predicted molar refractivity (Wildman–Crippen MR) is 134 cm³/mol. The van der Waals surface area contributed by atoms with Gasteiger partial charge in [0.15, 0.2) is 0 Å². The zero-order valence-corrected chi connectivity index (χ0v) is 22.2. The van der Waals surface area contributed by atoms with Crippen LogP contribution in [0.3, 0.4) is 0 Å². The highest BCUT2D eigenvalue weighted by Gasteiger charge is 2.63. The molecule has 1 heterocycles. The Kier molecular flexibility index (Phi) is 6.04. The van der Waals surface area contributed by atoms with Gasteiger partial charge in [0, 0.05) is 30.1 Å². The Balaban J connectivity index is 1.39. The summed E-state index contributed by atoms with van der Waals surface area (Å²) in [5.41, 5.74) is 2.75. The molecule has 1 aliphatic heterocycles. The molecule has 0 aromatic carbocycles. The van der Waals surface area contributed by atoms with Crippen LogP contribution in [0.2, 0.25) is 0 Å². The number of rotatable bonds is 2. The number of hydrogen-bond donors (Lipinski definition) is 1. The molecule has 0 radical (unpaired) electrons. The molecule has 5 rings (SSSR count). The van der Waals surface area contributed by atoms with E-state index in [4.69, 9.17) is 4.74 Å². The number of allylic oxidation sites excluding steroid dienone is 1. The number of ether oxygens (including phenoxy) is 1. The molecular formula is C29H48N2O2. The van der Waals surface area contributed by atoms with Crippen LogP contribution in [0.15, 0.2) is 11.1 Å². The monoisotopic (exact) mass is 456 g/mol. The molecule has 4 aliphatic carbocycles. The first-order valence-electron chi connectivity index (χ1n) is 13.8. The van der Waals surface area contributed by atoms with Crippen molar-refractivity contribution < 1.29 is 9.53 Å². The Hall–Kier alpha value is -0.870. The molecule has 1 N–H and O–H groups in total. The summed E-state index contributed by atoms with van der Waals surface area (Å²) in [6, 6.07) is 0.991. The van der Waals surface area contributed by atoms with Gasteiger partial charge in [0.1, 0.15) is 6.10 Å². The summed E-state index contributed by atoms with van der Waals surface area (Å²) < 4.78 is 6.32. The minimum absolute atomic E-state index is 0.0486. The Morgan fingerprint density at radius 1 is 0.970 bits per heavy atom.